The van der Waals surface area contributed by atoms with Gasteiger partial charge in [-0.1, -0.05) is 49.1 Å². The highest BCUT2D eigenvalue weighted by molar-refractivity contribution is 6.31. The lowest BCUT2D eigenvalue weighted by molar-refractivity contribution is -0.123. The number of benzene rings is 2. The van der Waals surface area contributed by atoms with Gasteiger partial charge in [0.25, 0.3) is 0 Å². The Balaban J connectivity index is 1.50. The topological polar surface area (TPSA) is 68.1 Å². The Kier molecular flexibility index (Phi) is 7.31. The van der Waals surface area contributed by atoms with Crippen molar-refractivity contribution in [2.75, 3.05) is 4.90 Å². The van der Waals surface area contributed by atoms with Crippen molar-refractivity contribution in [3.05, 3.63) is 83.4 Å². The van der Waals surface area contributed by atoms with E-state index in [0.717, 1.165) is 54.3 Å². The quantitative estimate of drug-likeness (QED) is 0.242. The predicted molar refractivity (Wildman–Crippen MR) is 153 cm³/mol. The fraction of sp³-hybridized carbons (Fsp3) is 0.290. The fourth-order valence-corrected chi connectivity index (χ4v) is 5.19. The van der Waals surface area contributed by atoms with Crippen molar-refractivity contribution in [1.82, 2.24) is 14.5 Å². The van der Waals surface area contributed by atoms with Gasteiger partial charge in [0.05, 0.1) is 37.1 Å². The Morgan fingerprint density at radius 1 is 1.11 bits per heavy atom. The number of nitrogens with zero attached hydrogens (tertiary/aromatic N) is 4. The van der Waals surface area contributed by atoms with Gasteiger partial charge in [-0.3, -0.25) is 14.6 Å². The first-order valence-electron chi connectivity index (χ1n) is 13.5. The summed E-state index contributed by atoms with van der Waals surface area (Å²) in [5, 5.41) is 0.413. The molecular formula is C31H31ClN4O2. The number of halogens is 1. The minimum absolute atomic E-state index is 0.0806. The molecule has 5 rings (SSSR count). The molecule has 38 heavy (non-hydrogen) atoms. The zero-order chi connectivity index (χ0) is 27.5. The van der Waals surface area contributed by atoms with E-state index in [1.54, 1.807) is 30.9 Å². The first-order chi connectivity index (χ1) is 18.8. The average Bonchev–Trinajstić information content (AvgIpc) is 3.32. The number of pyridine rings is 1. The van der Waals surface area contributed by atoms with Crippen LogP contribution in [0.2, 0.25) is 5.02 Å². The number of carbonyl (C=O) groups is 2. The SMILES string of the molecule is [2H]C(c1ccc(-c2ccc3c(c2)ncn3C)cc1Cl)N(C(=O)C1CCCCC1)c1cncc(/C=C/C(C)=O)c1. The molecule has 2 aromatic carbocycles. The van der Waals surface area contributed by atoms with E-state index >= 15 is 0 Å². The third kappa shape index (κ3) is 5.70. The first-order valence-corrected chi connectivity index (χ1v) is 13.3. The Bertz CT molecular complexity index is 1560. The molecule has 0 N–H and O–H groups in total. The Hall–Kier alpha value is -3.77. The number of hydrogen-bond donors (Lipinski definition) is 0. The van der Waals surface area contributed by atoms with Crippen LogP contribution >= 0.6 is 11.6 Å². The van der Waals surface area contributed by atoms with Crippen molar-refractivity contribution in [2.45, 2.75) is 45.5 Å². The number of fused-ring (bicyclic) bond motifs is 1. The molecule has 2 aromatic heterocycles. The lowest BCUT2D eigenvalue weighted by atomic mass is 9.88. The molecule has 1 amide bonds. The summed E-state index contributed by atoms with van der Waals surface area (Å²) < 4.78 is 11.2. The summed E-state index contributed by atoms with van der Waals surface area (Å²) >= 11 is 6.79. The van der Waals surface area contributed by atoms with Crippen LogP contribution in [-0.2, 0) is 23.2 Å². The molecule has 0 bridgehead atoms. The molecule has 194 valence electrons. The summed E-state index contributed by atoms with van der Waals surface area (Å²) in [6, 6.07) is 13.5. The molecule has 1 fully saturated rings. The summed E-state index contributed by atoms with van der Waals surface area (Å²) in [4.78, 5) is 35.6. The minimum Gasteiger partial charge on any atom is -0.334 e. The van der Waals surface area contributed by atoms with Gasteiger partial charge < -0.3 is 9.47 Å². The van der Waals surface area contributed by atoms with Crippen LogP contribution in [0.25, 0.3) is 28.2 Å². The number of carbonyl (C=O) groups excluding carboxylic acids is 2. The number of anilines is 1. The molecular weight excluding hydrogens is 496 g/mol. The number of imidazole rings is 1. The lowest BCUT2D eigenvalue weighted by Crippen LogP contribution is -2.37. The molecule has 4 aromatic rings. The second kappa shape index (κ2) is 11.3. The molecule has 2 heterocycles. The second-order valence-corrected chi connectivity index (χ2v) is 10.3. The molecule has 0 radical (unpaired) electrons. The van der Waals surface area contributed by atoms with E-state index in [4.69, 9.17) is 11.6 Å². The van der Waals surface area contributed by atoms with Gasteiger partial charge in [-0.25, -0.2) is 4.98 Å². The van der Waals surface area contributed by atoms with Crippen molar-refractivity contribution < 1.29 is 11.0 Å². The molecule has 1 aliphatic carbocycles. The Morgan fingerprint density at radius 3 is 2.63 bits per heavy atom. The highest BCUT2D eigenvalue weighted by Gasteiger charge is 2.28. The molecule has 0 saturated heterocycles. The maximum Gasteiger partial charge on any atom is 0.230 e. The van der Waals surface area contributed by atoms with Gasteiger partial charge in [0.2, 0.25) is 5.91 Å². The minimum atomic E-state index is -1.06. The number of hydrogen-bond acceptors (Lipinski definition) is 4. The van der Waals surface area contributed by atoms with Crippen LogP contribution in [0.5, 0.6) is 0 Å². The van der Waals surface area contributed by atoms with E-state index in [9.17, 15) is 11.0 Å². The zero-order valence-electron chi connectivity index (χ0n) is 22.6. The fourth-order valence-electron chi connectivity index (χ4n) is 4.96. The Labute approximate surface area is 229 Å². The maximum absolute atomic E-state index is 13.9. The van der Waals surface area contributed by atoms with Crippen LogP contribution in [0.1, 0.15) is 51.5 Å². The van der Waals surface area contributed by atoms with Crippen molar-refractivity contribution in [2.24, 2.45) is 13.0 Å². The lowest BCUT2D eigenvalue weighted by Gasteiger charge is -2.30. The van der Waals surface area contributed by atoms with E-state index in [1.807, 2.05) is 48.0 Å². The summed E-state index contributed by atoms with van der Waals surface area (Å²) in [5.74, 6) is -0.320. The molecule has 1 aliphatic rings. The second-order valence-electron chi connectivity index (χ2n) is 9.89. The molecule has 1 saturated carbocycles. The predicted octanol–water partition coefficient (Wildman–Crippen LogP) is 7.00. The number of ketones is 1. The van der Waals surface area contributed by atoms with Crippen molar-refractivity contribution in [3.63, 3.8) is 0 Å². The average molecular weight is 528 g/mol. The van der Waals surface area contributed by atoms with E-state index in [2.05, 4.69) is 9.97 Å². The van der Waals surface area contributed by atoms with Crippen LogP contribution in [0.15, 0.2) is 67.3 Å². The molecule has 0 aliphatic heterocycles. The monoisotopic (exact) mass is 527 g/mol. The van der Waals surface area contributed by atoms with Crippen LogP contribution in [0, 0.1) is 5.92 Å². The number of rotatable bonds is 7. The van der Waals surface area contributed by atoms with Gasteiger partial charge in [-0.05, 0) is 78.4 Å². The molecule has 0 spiro atoms. The van der Waals surface area contributed by atoms with Gasteiger partial charge in [0, 0.05) is 24.2 Å². The van der Waals surface area contributed by atoms with Gasteiger partial charge in [0.15, 0.2) is 5.78 Å². The summed E-state index contributed by atoms with van der Waals surface area (Å²) in [6.07, 6.45) is 12.9. The van der Waals surface area contributed by atoms with Crippen molar-refractivity contribution >= 4 is 46.1 Å². The highest BCUT2D eigenvalue weighted by Crippen LogP contribution is 2.32. The van der Waals surface area contributed by atoms with Crippen LogP contribution in [0.4, 0.5) is 5.69 Å². The van der Waals surface area contributed by atoms with Crippen molar-refractivity contribution in [3.8, 4) is 11.1 Å². The van der Waals surface area contributed by atoms with Crippen LogP contribution in [-0.4, -0.2) is 26.2 Å². The molecule has 6 nitrogen and oxygen atoms in total. The highest BCUT2D eigenvalue weighted by atomic mass is 35.5. The first kappa shape index (κ1) is 24.6. The van der Waals surface area contributed by atoms with Gasteiger partial charge >= 0.3 is 0 Å². The summed E-state index contributed by atoms with van der Waals surface area (Å²) in [7, 11) is 1.96. The summed E-state index contributed by atoms with van der Waals surface area (Å²) in [5.41, 5.74) is 5.54. The number of amides is 1. The number of aromatic nitrogens is 3. The molecule has 1 unspecified atom stereocenters. The van der Waals surface area contributed by atoms with Crippen molar-refractivity contribution in [1.29, 1.82) is 0 Å². The third-order valence-corrected chi connectivity index (χ3v) is 7.38. The molecule has 1 atom stereocenters. The van der Waals surface area contributed by atoms with E-state index in [0.29, 0.717) is 21.8 Å². The van der Waals surface area contributed by atoms with Crippen LogP contribution < -0.4 is 4.90 Å². The Morgan fingerprint density at radius 2 is 1.87 bits per heavy atom. The van der Waals surface area contributed by atoms with Crippen LogP contribution in [0.3, 0.4) is 0 Å². The van der Waals surface area contributed by atoms with Gasteiger partial charge in [0.1, 0.15) is 0 Å². The largest absolute Gasteiger partial charge is 0.334 e. The smallest absolute Gasteiger partial charge is 0.230 e. The van der Waals surface area contributed by atoms with Gasteiger partial charge in [-0.15, -0.1) is 0 Å². The number of aryl methyl sites for hydroxylation is 1. The standard InChI is InChI=1S/C31H31ClN4O2/c1-21(37)8-9-22-14-27(18-33-17-22)36(31(38)23-6-4-3-5-7-23)19-26-11-10-24(15-28(26)32)25-12-13-30-29(16-25)34-20-35(30)2/h8-18,20,23H,3-7,19H2,1-2H3/b9-8+/i19D. The van der Waals surface area contributed by atoms with Gasteiger partial charge in [-0.2, -0.15) is 0 Å². The molecule has 7 heteroatoms. The van der Waals surface area contributed by atoms with E-state index in [-0.39, 0.29) is 17.6 Å². The third-order valence-electron chi connectivity index (χ3n) is 7.05. The zero-order valence-corrected chi connectivity index (χ0v) is 22.4. The van der Waals surface area contributed by atoms with E-state index < -0.39 is 6.52 Å². The summed E-state index contributed by atoms with van der Waals surface area (Å²) in [6.45, 7) is 0.417. The van der Waals surface area contributed by atoms with E-state index in [1.165, 1.54) is 17.9 Å². The number of allylic oxidation sites excluding steroid dienone is 1. The normalized spacial score (nSPS) is 15.5. The maximum atomic E-state index is 13.9.